The van der Waals surface area contributed by atoms with Crippen LogP contribution in [0.3, 0.4) is 0 Å². The molecule has 3 nitrogen and oxygen atoms in total. The van der Waals surface area contributed by atoms with E-state index in [9.17, 15) is 0 Å². The van der Waals surface area contributed by atoms with E-state index in [1.807, 2.05) is 0 Å². The van der Waals surface area contributed by atoms with Gasteiger partial charge in [0.2, 0.25) is 0 Å². The van der Waals surface area contributed by atoms with Gasteiger partial charge in [0.1, 0.15) is 0 Å². The topological polar surface area (TPSA) is 41.5 Å². The van der Waals surface area contributed by atoms with Gasteiger partial charge in [-0.1, -0.05) is 6.92 Å². The Labute approximate surface area is 86.8 Å². The Hall–Kier alpha value is -0.120. The van der Waals surface area contributed by atoms with Crippen LogP contribution in [-0.2, 0) is 4.74 Å². The molecule has 0 unspecified atom stereocenters. The second-order valence-electron chi connectivity index (χ2n) is 4.16. The minimum absolute atomic E-state index is 0.251. The molecule has 0 spiro atoms. The standard InChI is InChI=1S/C11H23NO2/c1-3-9(8-13)12-10-4-6-11(14-2)7-5-10/h9-13H,3-8H2,1-2H3/t9-,10?,11?/m1/s1. The number of hydrogen-bond donors (Lipinski definition) is 2. The van der Waals surface area contributed by atoms with Gasteiger partial charge in [0.15, 0.2) is 0 Å². The van der Waals surface area contributed by atoms with Gasteiger partial charge in [-0.2, -0.15) is 0 Å². The fourth-order valence-corrected chi connectivity index (χ4v) is 2.10. The normalized spacial score (nSPS) is 30.2. The number of nitrogens with one attached hydrogen (secondary N) is 1. The van der Waals surface area contributed by atoms with Crippen molar-refractivity contribution in [2.24, 2.45) is 0 Å². The molecule has 2 N–H and O–H groups in total. The Morgan fingerprint density at radius 3 is 2.43 bits per heavy atom. The Kier molecular flexibility index (Phi) is 5.45. The van der Waals surface area contributed by atoms with Crippen LogP contribution in [0.5, 0.6) is 0 Å². The molecule has 0 bridgehead atoms. The van der Waals surface area contributed by atoms with Gasteiger partial charge >= 0.3 is 0 Å². The fraction of sp³-hybridized carbons (Fsp3) is 1.00. The molecule has 1 aliphatic carbocycles. The van der Waals surface area contributed by atoms with Crippen molar-refractivity contribution in [1.82, 2.24) is 5.32 Å². The first-order chi connectivity index (χ1) is 6.80. The minimum Gasteiger partial charge on any atom is -0.395 e. The van der Waals surface area contributed by atoms with Crippen LogP contribution in [-0.4, -0.2) is 37.0 Å². The van der Waals surface area contributed by atoms with Crippen molar-refractivity contribution in [2.45, 2.75) is 57.2 Å². The van der Waals surface area contributed by atoms with Gasteiger partial charge in [0, 0.05) is 19.2 Å². The minimum atomic E-state index is 0.251. The number of aliphatic hydroxyl groups excluding tert-OH is 1. The van der Waals surface area contributed by atoms with E-state index in [0.717, 1.165) is 19.3 Å². The Morgan fingerprint density at radius 1 is 1.36 bits per heavy atom. The van der Waals surface area contributed by atoms with Crippen LogP contribution in [0, 0.1) is 0 Å². The molecule has 0 aromatic rings. The van der Waals surface area contributed by atoms with Crippen LogP contribution in [0.2, 0.25) is 0 Å². The second-order valence-corrected chi connectivity index (χ2v) is 4.16. The second kappa shape index (κ2) is 6.38. The van der Waals surface area contributed by atoms with E-state index in [1.165, 1.54) is 12.8 Å². The summed E-state index contributed by atoms with van der Waals surface area (Å²) in [6, 6.07) is 0.859. The zero-order chi connectivity index (χ0) is 10.4. The molecule has 84 valence electrons. The highest BCUT2D eigenvalue weighted by Crippen LogP contribution is 2.21. The largest absolute Gasteiger partial charge is 0.395 e. The van der Waals surface area contributed by atoms with Gasteiger partial charge in [0.25, 0.3) is 0 Å². The van der Waals surface area contributed by atoms with Crippen LogP contribution in [0.4, 0.5) is 0 Å². The molecule has 1 saturated carbocycles. The molecule has 0 saturated heterocycles. The molecular weight excluding hydrogens is 178 g/mol. The Morgan fingerprint density at radius 2 is 2.00 bits per heavy atom. The highest BCUT2D eigenvalue weighted by Gasteiger charge is 2.21. The van der Waals surface area contributed by atoms with Gasteiger partial charge in [-0.3, -0.25) is 0 Å². The molecule has 0 amide bonds. The third kappa shape index (κ3) is 3.56. The van der Waals surface area contributed by atoms with Crippen molar-refractivity contribution >= 4 is 0 Å². The van der Waals surface area contributed by atoms with Crippen LogP contribution < -0.4 is 5.32 Å². The van der Waals surface area contributed by atoms with E-state index in [-0.39, 0.29) is 12.6 Å². The summed E-state index contributed by atoms with van der Waals surface area (Å²) in [6.07, 6.45) is 6.11. The first-order valence-corrected chi connectivity index (χ1v) is 5.69. The third-order valence-corrected chi connectivity index (χ3v) is 3.19. The molecule has 0 aromatic carbocycles. The van der Waals surface area contributed by atoms with Crippen molar-refractivity contribution in [3.8, 4) is 0 Å². The first kappa shape index (κ1) is 12.0. The summed E-state index contributed by atoms with van der Waals surface area (Å²) in [7, 11) is 1.79. The molecule has 14 heavy (non-hydrogen) atoms. The van der Waals surface area contributed by atoms with E-state index >= 15 is 0 Å². The van der Waals surface area contributed by atoms with Gasteiger partial charge in [-0.15, -0.1) is 0 Å². The van der Waals surface area contributed by atoms with Crippen molar-refractivity contribution < 1.29 is 9.84 Å². The van der Waals surface area contributed by atoms with E-state index in [2.05, 4.69) is 12.2 Å². The average Bonchev–Trinajstić information content (AvgIpc) is 2.26. The molecule has 0 radical (unpaired) electrons. The molecule has 0 aromatic heterocycles. The summed E-state index contributed by atoms with van der Waals surface area (Å²) in [5, 5.41) is 12.6. The quantitative estimate of drug-likeness (QED) is 0.704. The summed E-state index contributed by atoms with van der Waals surface area (Å²) in [4.78, 5) is 0. The monoisotopic (exact) mass is 201 g/mol. The Balaban J connectivity index is 2.21. The lowest BCUT2D eigenvalue weighted by atomic mass is 9.92. The van der Waals surface area contributed by atoms with Crippen LogP contribution in [0.15, 0.2) is 0 Å². The summed E-state index contributed by atoms with van der Waals surface area (Å²) in [5.74, 6) is 0. The maximum absolute atomic E-state index is 9.07. The van der Waals surface area contributed by atoms with E-state index in [0.29, 0.717) is 12.1 Å². The molecular formula is C11H23NO2. The maximum atomic E-state index is 9.07. The summed E-state index contributed by atoms with van der Waals surface area (Å²) < 4.78 is 5.32. The average molecular weight is 201 g/mol. The number of methoxy groups -OCH3 is 1. The molecule has 1 fully saturated rings. The third-order valence-electron chi connectivity index (χ3n) is 3.19. The summed E-state index contributed by atoms with van der Waals surface area (Å²) >= 11 is 0. The van der Waals surface area contributed by atoms with E-state index in [4.69, 9.17) is 9.84 Å². The lowest BCUT2D eigenvalue weighted by Crippen LogP contribution is -2.42. The predicted octanol–water partition coefficient (Wildman–Crippen LogP) is 1.30. The summed E-state index contributed by atoms with van der Waals surface area (Å²) in [5.41, 5.74) is 0. The predicted molar refractivity (Wildman–Crippen MR) is 57.4 cm³/mol. The number of aliphatic hydroxyl groups is 1. The lowest BCUT2D eigenvalue weighted by molar-refractivity contribution is 0.0596. The number of hydrogen-bond acceptors (Lipinski definition) is 3. The molecule has 1 aliphatic rings. The SMILES string of the molecule is CC[C@H](CO)NC1CCC(OC)CC1. The Bertz CT molecular complexity index is 140. The van der Waals surface area contributed by atoms with Gasteiger partial charge < -0.3 is 15.2 Å². The van der Waals surface area contributed by atoms with Gasteiger partial charge in [0.05, 0.1) is 12.7 Å². The van der Waals surface area contributed by atoms with Gasteiger partial charge in [-0.25, -0.2) is 0 Å². The smallest absolute Gasteiger partial charge is 0.0584 e. The summed E-state index contributed by atoms with van der Waals surface area (Å²) in [6.45, 7) is 2.36. The van der Waals surface area contributed by atoms with Crippen LogP contribution >= 0.6 is 0 Å². The highest BCUT2D eigenvalue weighted by molar-refractivity contribution is 4.80. The van der Waals surface area contributed by atoms with E-state index < -0.39 is 0 Å². The first-order valence-electron chi connectivity index (χ1n) is 5.69. The molecule has 3 heteroatoms. The number of rotatable bonds is 5. The van der Waals surface area contributed by atoms with Gasteiger partial charge in [-0.05, 0) is 32.1 Å². The van der Waals surface area contributed by atoms with Crippen molar-refractivity contribution in [3.63, 3.8) is 0 Å². The van der Waals surface area contributed by atoms with Crippen LogP contribution in [0.1, 0.15) is 39.0 Å². The lowest BCUT2D eigenvalue weighted by Gasteiger charge is -2.30. The van der Waals surface area contributed by atoms with E-state index in [1.54, 1.807) is 7.11 Å². The van der Waals surface area contributed by atoms with Crippen molar-refractivity contribution in [3.05, 3.63) is 0 Å². The van der Waals surface area contributed by atoms with Crippen molar-refractivity contribution in [1.29, 1.82) is 0 Å². The van der Waals surface area contributed by atoms with Crippen molar-refractivity contribution in [2.75, 3.05) is 13.7 Å². The molecule has 0 aliphatic heterocycles. The highest BCUT2D eigenvalue weighted by atomic mass is 16.5. The fourth-order valence-electron chi connectivity index (χ4n) is 2.10. The molecule has 0 heterocycles. The molecule has 1 atom stereocenters. The van der Waals surface area contributed by atoms with Crippen LogP contribution in [0.25, 0.3) is 0 Å². The maximum Gasteiger partial charge on any atom is 0.0584 e. The zero-order valence-corrected chi connectivity index (χ0v) is 9.33. The molecule has 1 rings (SSSR count). The number of ether oxygens (including phenoxy) is 1. The zero-order valence-electron chi connectivity index (χ0n) is 9.33.